The van der Waals surface area contributed by atoms with Gasteiger partial charge in [-0.3, -0.25) is 4.98 Å². The zero-order valence-electron chi connectivity index (χ0n) is 16.8. The molecule has 0 spiro atoms. The largest absolute Gasteiger partial charge is 0.454 e. The molecule has 2 N–H and O–H groups in total. The van der Waals surface area contributed by atoms with Crippen LogP contribution in [0.4, 0.5) is 10.5 Å². The molecule has 2 fully saturated rings. The number of hydrogen-bond donors (Lipinski definition) is 2. The van der Waals surface area contributed by atoms with Gasteiger partial charge in [0, 0.05) is 43.2 Å². The van der Waals surface area contributed by atoms with Crippen LogP contribution in [0.1, 0.15) is 11.5 Å². The summed E-state index contributed by atoms with van der Waals surface area (Å²) in [5.74, 6) is 1.71. The van der Waals surface area contributed by atoms with Crippen molar-refractivity contribution < 1.29 is 14.3 Å². The highest BCUT2D eigenvalue weighted by molar-refractivity contribution is 5.91. The maximum Gasteiger partial charge on any atom is 0.322 e. The van der Waals surface area contributed by atoms with Crippen molar-refractivity contribution >= 4 is 11.7 Å². The zero-order valence-corrected chi connectivity index (χ0v) is 16.8. The quantitative estimate of drug-likeness (QED) is 0.687. The van der Waals surface area contributed by atoms with Crippen LogP contribution in [0.15, 0.2) is 67.0 Å². The van der Waals surface area contributed by atoms with Crippen LogP contribution in [0.3, 0.4) is 0 Å². The molecule has 4 heterocycles. The summed E-state index contributed by atoms with van der Waals surface area (Å²) in [6.07, 6.45) is 3.61. The van der Waals surface area contributed by atoms with Crippen molar-refractivity contribution in [2.24, 2.45) is 0 Å². The summed E-state index contributed by atoms with van der Waals surface area (Å²) in [5.41, 5.74) is 4.32. The topological polar surface area (TPSA) is 75.7 Å². The summed E-state index contributed by atoms with van der Waals surface area (Å²) in [5, 5.41) is 6.46. The minimum Gasteiger partial charge on any atom is -0.454 e. The van der Waals surface area contributed by atoms with Gasteiger partial charge in [0.2, 0.25) is 6.79 Å². The molecule has 0 aliphatic carbocycles. The maximum absolute atomic E-state index is 13.0. The van der Waals surface area contributed by atoms with E-state index >= 15 is 0 Å². The Hall–Kier alpha value is -3.58. The Morgan fingerprint density at radius 1 is 0.935 bits per heavy atom. The van der Waals surface area contributed by atoms with Crippen LogP contribution in [-0.4, -0.2) is 47.9 Å². The molecule has 1 unspecified atom stereocenters. The predicted molar refractivity (Wildman–Crippen MR) is 116 cm³/mol. The molecule has 0 radical (unpaired) electrons. The number of amides is 2. The highest BCUT2D eigenvalue weighted by Crippen LogP contribution is 2.43. The first kappa shape index (κ1) is 18.2. The van der Waals surface area contributed by atoms with E-state index in [2.05, 4.69) is 39.9 Å². The number of pyridine rings is 1. The third-order valence-corrected chi connectivity index (χ3v) is 6.42. The Bertz CT molecular complexity index is 1110. The van der Waals surface area contributed by atoms with Crippen LogP contribution in [0.5, 0.6) is 11.5 Å². The number of rotatable bonds is 3. The van der Waals surface area contributed by atoms with Crippen molar-refractivity contribution in [3.8, 4) is 22.6 Å². The van der Waals surface area contributed by atoms with Gasteiger partial charge in [0.15, 0.2) is 11.5 Å². The molecule has 7 heteroatoms. The molecule has 2 saturated heterocycles. The van der Waals surface area contributed by atoms with Gasteiger partial charge in [-0.05, 0) is 41.0 Å². The average molecular weight is 414 g/mol. The van der Waals surface area contributed by atoms with E-state index in [1.54, 1.807) is 0 Å². The summed E-state index contributed by atoms with van der Waals surface area (Å²) < 4.78 is 10.8. The number of nitrogens with one attached hydrogen (secondary N) is 2. The van der Waals surface area contributed by atoms with E-state index in [0.717, 1.165) is 18.7 Å². The molecule has 31 heavy (non-hydrogen) atoms. The number of carbonyl (C=O) groups excluding carboxylic acids is 1. The number of piperidine rings is 1. The molecule has 0 saturated carbocycles. The van der Waals surface area contributed by atoms with E-state index in [0.29, 0.717) is 23.1 Å². The number of benzene rings is 2. The Kier molecular flexibility index (Phi) is 4.28. The number of ether oxygens (including phenoxy) is 2. The van der Waals surface area contributed by atoms with Crippen molar-refractivity contribution in [1.29, 1.82) is 0 Å². The van der Waals surface area contributed by atoms with Gasteiger partial charge in [0.25, 0.3) is 0 Å². The first-order valence-electron chi connectivity index (χ1n) is 10.5. The number of fused-ring (bicyclic) bond motifs is 3. The number of aromatic nitrogens is 1. The Morgan fingerprint density at radius 2 is 1.65 bits per heavy atom. The second-order valence-electron chi connectivity index (χ2n) is 8.08. The fourth-order valence-electron chi connectivity index (χ4n) is 4.93. The number of anilines is 1. The van der Waals surface area contributed by atoms with Gasteiger partial charge in [-0.15, -0.1) is 0 Å². The van der Waals surface area contributed by atoms with Crippen LogP contribution in [0.25, 0.3) is 11.1 Å². The predicted octanol–water partition coefficient (Wildman–Crippen LogP) is 3.45. The SMILES string of the molecule is O=C(Nc1ccc2c(c1)OCO2)N1[C@@H]2CNC[C@H]1C2c1ccc(-c2ccncc2)cc1. The van der Waals surface area contributed by atoms with E-state index in [1.165, 1.54) is 11.1 Å². The first-order chi connectivity index (χ1) is 15.3. The summed E-state index contributed by atoms with van der Waals surface area (Å²) in [4.78, 5) is 19.1. The molecule has 7 nitrogen and oxygen atoms in total. The van der Waals surface area contributed by atoms with E-state index in [4.69, 9.17) is 9.47 Å². The second kappa shape index (κ2) is 7.28. The number of hydrogen-bond acceptors (Lipinski definition) is 5. The van der Waals surface area contributed by atoms with Gasteiger partial charge >= 0.3 is 6.03 Å². The van der Waals surface area contributed by atoms with Gasteiger partial charge in [-0.1, -0.05) is 24.3 Å². The van der Waals surface area contributed by atoms with Crippen LogP contribution in [-0.2, 0) is 0 Å². The minimum atomic E-state index is -0.0694. The maximum atomic E-state index is 13.0. The lowest BCUT2D eigenvalue weighted by Gasteiger charge is -2.59. The first-order valence-corrected chi connectivity index (χ1v) is 10.5. The third kappa shape index (κ3) is 3.09. The van der Waals surface area contributed by atoms with E-state index in [9.17, 15) is 4.79 Å². The molecule has 156 valence electrons. The molecule has 2 amide bonds. The van der Waals surface area contributed by atoms with E-state index < -0.39 is 0 Å². The molecular weight excluding hydrogens is 392 g/mol. The van der Waals surface area contributed by atoms with E-state index in [-0.39, 0.29) is 24.9 Å². The molecule has 2 aromatic carbocycles. The van der Waals surface area contributed by atoms with Crippen LogP contribution < -0.4 is 20.1 Å². The molecule has 3 aromatic rings. The van der Waals surface area contributed by atoms with Gasteiger partial charge in [0.05, 0.1) is 12.1 Å². The standard InChI is InChI=1S/C24H22N4O3/c29-24(27-18-5-6-21-22(11-18)31-14-30-21)28-19-12-26-13-20(28)23(19)17-3-1-15(2-4-17)16-7-9-25-10-8-16/h1-11,19-20,23,26H,12-14H2,(H,27,29)/t19-,20+,23?. The summed E-state index contributed by atoms with van der Waals surface area (Å²) in [7, 11) is 0. The molecule has 3 atom stereocenters. The Morgan fingerprint density at radius 3 is 2.42 bits per heavy atom. The Balaban J connectivity index is 1.18. The molecule has 1 aromatic heterocycles. The van der Waals surface area contributed by atoms with Crippen LogP contribution in [0.2, 0.25) is 0 Å². The molecule has 6 rings (SSSR count). The van der Waals surface area contributed by atoms with Gasteiger partial charge < -0.3 is 25.0 Å². The monoisotopic (exact) mass is 414 g/mol. The molecule has 2 bridgehead atoms. The van der Waals surface area contributed by atoms with Crippen molar-refractivity contribution in [3.63, 3.8) is 0 Å². The lowest BCUT2D eigenvalue weighted by molar-refractivity contribution is 0.00202. The normalized spacial score (nSPS) is 23.2. The van der Waals surface area contributed by atoms with Crippen molar-refractivity contribution in [2.45, 2.75) is 18.0 Å². The van der Waals surface area contributed by atoms with Gasteiger partial charge in [-0.2, -0.15) is 0 Å². The van der Waals surface area contributed by atoms with Crippen molar-refractivity contribution in [2.75, 3.05) is 25.2 Å². The van der Waals surface area contributed by atoms with Crippen LogP contribution in [0, 0.1) is 0 Å². The molecule has 3 aliphatic heterocycles. The second-order valence-corrected chi connectivity index (χ2v) is 8.08. The minimum absolute atomic E-state index is 0.0694. The summed E-state index contributed by atoms with van der Waals surface area (Å²) in [6, 6.07) is 18.4. The highest BCUT2D eigenvalue weighted by atomic mass is 16.7. The average Bonchev–Trinajstić information content (AvgIpc) is 3.28. The van der Waals surface area contributed by atoms with Crippen LogP contribution >= 0.6 is 0 Å². The lowest BCUT2D eigenvalue weighted by atomic mass is 9.72. The number of carbonyl (C=O) groups is 1. The number of piperazine rings is 1. The zero-order chi connectivity index (χ0) is 20.8. The smallest absolute Gasteiger partial charge is 0.322 e. The van der Waals surface area contributed by atoms with Crippen molar-refractivity contribution in [1.82, 2.24) is 15.2 Å². The van der Waals surface area contributed by atoms with Crippen molar-refractivity contribution in [3.05, 3.63) is 72.6 Å². The Labute approximate surface area is 180 Å². The number of urea groups is 1. The summed E-state index contributed by atoms with van der Waals surface area (Å²) >= 11 is 0. The third-order valence-electron chi connectivity index (χ3n) is 6.42. The molecule has 3 aliphatic rings. The van der Waals surface area contributed by atoms with Gasteiger partial charge in [-0.25, -0.2) is 4.79 Å². The summed E-state index contributed by atoms with van der Waals surface area (Å²) in [6.45, 7) is 1.81. The van der Waals surface area contributed by atoms with E-state index in [1.807, 2.05) is 47.6 Å². The van der Waals surface area contributed by atoms with Gasteiger partial charge in [0.1, 0.15) is 0 Å². The fraction of sp³-hybridized carbons (Fsp3) is 0.250. The lowest BCUT2D eigenvalue weighted by Crippen LogP contribution is -2.74. The number of nitrogens with zero attached hydrogens (tertiary/aromatic N) is 2. The fourth-order valence-corrected chi connectivity index (χ4v) is 4.93. The molecular formula is C24H22N4O3. The highest BCUT2D eigenvalue weighted by Gasteiger charge is 2.53.